The van der Waals surface area contributed by atoms with E-state index in [0.29, 0.717) is 11.6 Å². The Morgan fingerprint density at radius 3 is 2.55 bits per heavy atom. The highest BCUT2D eigenvalue weighted by molar-refractivity contribution is 6.22. The Morgan fingerprint density at radius 1 is 1.14 bits per heavy atom. The molecule has 1 aliphatic carbocycles. The monoisotopic (exact) mass is 301 g/mol. The van der Waals surface area contributed by atoms with Crippen LogP contribution in [0.1, 0.15) is 33.1 Å². The van der Waals surface area contributed by atoms with Gasteiger partial charge in [0.05, 0.1) is 17.5 Å². The molecule has 22 heavy (non-hydrogen) atoms. The van der Waals surface area contributed by atoms with Gasteiger partial charge in [0.15, 0.2) is 5.75 Å². The molecule has 1 saturated heterocycles. The molecule has 5 heteroatoms. The van der Waals surface area contributed by atoms with Gasteiger partial charge < -0.3 is 4.74 Å². The second-order valence-corrected chi connectivity index (χ2v) is 6.20. The molecule has 0 aromatic heterocycles. The van der Waals surface area contributed by atoms with Crippen LogP contribution in [0.5, 0.6) is 5.75 Å². The lowest BCUT2D eigenvalue weighted by molar-refractivity contribution is -0.132. The third-order valence-corrected chi connectivity index (χ3v) is 4.55. The molecule has 0 bridgehead atoms. The predicted molar refractivity (Wildman–Crippen MR) is 80.2 cm³/mol. The van der Waals surface area contributed by atoms with E-state index in [4.69, 9.17) is 4.74 Å². The fourth-order valence-electron chi connectivity index (χ4n) is 3.51. The summed E-state index contributed by atoms with van der Waals surface area (Å²) in [6.07, 6.45) is 2.48. The number of fused-ring (bicyclic) bond motifs is 1. The molecule has 0 radical (unpaired) electrons. The van der Waals surface area contributed by atoms with Crippen LogP contribution < -0.4 is 9.64 Å². The van der Waals surface area contributed by atoms with Gasteiger partial charge in [0.2, 0.25) is 11.8 Å². The summed E-state index contributed by atoms with van der Waals surface area (Å²) in [5, 5.41) is 0. The summed E-state index contributed by atoms with van der Waals surface area (Å²) < 4.78 is 5.14. The van der Waals surface area contributed by atoms with E-state index in [2.05, 4.69) is 6.92 Å². The first-order chi connectivity index (χ1) is 10.5. The van der Waals surface area contributed by atoms with E-state index in [9.17, 15) is 14.4 Å². The standard InChI is InChI=1S/C17H19NO4/c1-10-7-8-12-13(9-10)17(21)18(16(12)20)14-5-3-4-6-15(14)22-11(2)19/h3-6,10,12-13H,7-9H2,1-2H3/t10-,12+,13+/m0/s1. The molecule has 0 N–H and O–H groups in total. The average molecular weight is 301 g/mol. The lowest BCUT2D eigenvalue weighted by atomic mass is 9.76. The van der Waals surface area contributed by atoms with Crippen LogP contribution in [0.15, 0.2) is 24.3 Å². The fourth-order valence-corrected chi connectivity index (χ4v) is 3.51. The molecule has 2 aliphatic rings. The van der Waals surface area contributed by atoms with Crippen LogP contribution in [0.2, 0.25) is 0 Å². The van der Waals surface area contributed by atoms with Crippen molar-refractivity contribution in [1.29, 1.82) is 0 Å². The van der Waals surface area contributed by atoms with E-state index in [-0.39, 0.29) is 29.4 Å². The summed E-state index contributed by atoms with van der Waals surface area (Å²) in [5.41, 5.74) is 0.370. The summed E-state index contributed by atoms with van der Waals surface area (Å²) in [4.78, 5) is 37.8. The first-order valence-corrected chi connectivity index (χ1v) is 7.64. The Kier molecular flexibility index (Phi) is 3.72. The average Bonchev–Trinajstić information content (AvgIpc) is 2.71. The summed E-state index contributed by atoms with van der Waals surface area (Å²) in [5.74, 6) is -0.555. The van der Waals surface area contributed by atoms with Gasteiger partial charge in [-0.2, -0.15) is 0 Å². The van der Waals surface area contributed by atoms with Gasteiger partial charge in [0.1, 0.15) is 0 Å². The summed E-state index contributed by atoms with van der Waals surface area (Å²) >= 11 is 0. The largest absolute Gasteiger partial charge is 0.424 e. The minimum atomic E-state index is -0.474. The number of para-hydroxylation sites is 2. The van der Waals surface area contributed by atoms with Crippen molar-refractivity contribution >= 4 is 23.5 Å². The molecule has 3 atom stereocenters. The van der Waals surface area contributed by atoms with Crippen molar-refractivity contribution in [1.82, 2.24) is 0 Å². The molecule has 1 heterocycles. The highest BCUT2D eigenvalue weighted by Crippen LogP contribution is 2.43. The van der Waals surface area contributed by atoms with Crippen molar-refractivity contribution in [2.24, 2.45) is 17.8 Å². The quantitative estimate of drug-likeness (QED) is 0.478. The molecular weight excluding hydrogens is 282 g/mol. The van der Waals surface area contributed by atoms with Gasteiger partial charge in [-0.05, 0) is 37.3 Å². The van der Waals surface area contributed by atoms with E-state index in [1.165, 1.54) is 11.8 Å². The van der Waals surface area contributed by atoms with Crippen LogP contribution in [0.4, 0.5) is 5.69 Å². The first-order valence-electron chi connectivity index (χ1n) is 7.64. The van der Waals surface area contributed by atoms with Gasteiger partial charge in [-0.1, -0.05) is 19.1 Å². The number of rotatable bonds is 2. The molecule has 2 fully saturated rings. The Bertz CT molecular complexity index is 639. The number of carbonyl (C=O) groups is 3. The zero-order chi connectivity index (χ0) is 15.9. The number of hydrogen-bond acceptors (Lipinski definition) is 4. The number of esters is 1. The molecule has 3 rings (SSSR count). The molecule has 1 aromatic rings. The van der Waals surface area contributed by atoms with Crippen molar-refractivity contribution < 1.29 is 19.1 Å². The molecule has 1 aliphatic heterocycles. The Labute approximate surface area is 129 Å². The number of amides is 2. The molecule has 116 valence electrons. The van der Waals surface area contributed by atoms with Crippen molar-refractivity contribution in [2.75, 3.05) is 4.90 Å². The summed E-state index contributed by atoms with van der Waals surface area (Å²) in [6, 6.07) is 6.69. The summed E-state index contributed by atoms with van der Waals surface area (Å²) in [6.45, 7) is 3.41. The number of benzene rings is 1. The highest BCUT2D eigenvalue weighted by Gasteiger charge is 2.50. The summed E-state index contributed by atoms with van der Waals surface area (Å²) in [7, 11) is 0. The third-order valence-electron chi connectivity index (χ3n) is 4.55. The van der Waals surface area contributed by atoms with E-state index in [1.807, 2.05) is 0 Å². The predicted octanol–water partition coefficient (Wildman–Crippen LogP) is 2.54. The Morgan fingerprint density at radius 2 is 1.82 bits per heavy atom. The Balaban J connectivity index is 1.97. The number of hydrogen-bond donors (Lipinski definition) is 0. The van der Waals surface area contributed by atoms with Gasteiger partial charge in [-0.3, -0.25) is 14.4 Å². The second-order valence-electron chi connectivity index (χ2n) is 6.20. The van der Waals surface area contributed by atoms with Crippen LogP contribution in [-0.4, -0.2) is 17.8 Å². The first kappa shape index (κ1) is 14.8. The SMILES string of the molecule is CC(=O)Oc1ccccc1N1C(=O)[C@@H]2CC[C@H](C)C[C@H]2C1=O. The molecule has 2 amide bonds. The third kappa shape index (κ3) is 2.40. The second kappa shape index (κ2) is 5.55. The van der Waals surface area contributed by atoms with Gasteiger partial charge >= 0.3 is 5.97 Å². The Hall–Kier alpha value is -2.17. The highest BCUT2D eigenvalue weighted by atomic mass is 16.5. The molecule has 1 saturated carbocycles. The van der Waals surface area contributed by atoms with Crippen molar-refractivity contribution in [2.45, 2.75) is 33.1 Å². The molecule has 5 nitrogen and oxygen atoms in total. The smallest absolute Gasteiger partial charge is 0.308 e. The number of nitrogens with zero attached hydrogens (tertiary/aromatic N) is 1. The maximum Gasteiger partial charge on any atom is 0.308 e. The van der Waals surface area contributed by atoms with E-state index < -0.39 is 5.97 Å². The number of carbonyl (C=O) groups excluding carboxylic acids is 3. The van der Waals surface area contributed by atoms with Crippen LogP contribution in [-0.2, 0) is 14.4 Å². The zero-order valence-electron chi connectivity index (χ0n) is 12.7. The van der Waals surface area contributed by atoms with Gasteiger partial charge in [0.25, 0.3) is 0 Å². The number of imide groups is 1. The normalized spacial score (nSPS) is 27.7. The minimum Gasteiger partial charge on any atom is -0.424 e. The topological polar surface area (TPSA) is 63.7 Å². The van der Waals surface area contributed by atoms with Crippen molar-refractivity contribution in [3.05, 3.63) is 24.3 Å². The lowest BCUT2D eigenvalue weighted by Gasteiger charge is -2.25. The number of anilines is 1. The zero-order valence-corrected chi connectivity index (χ0v) is 12.7. The van der Waals surface area contributed by atoms with E-state index in [0.717, 1.165) is 19.3 Å². The molecule has 1 aromatic carbocycles. The molecule has 0 spiro atoms. The maximum absolute atomic E-state index is 12.7. The minimum absolute atomic E-state index is 0.165. The van der Waals surface area contributed by atoms with Crippen LogP contribution in [0.3, 0.4) is 0 Å². The van der Waals surface area contributed by atoms with Crippen molar-refractivity contribution in [3.63, 3.8) is 0 Å². The van der Waals surface area contributed by atoms with E-state index >= 15 is 0 Å². The van der Waals surface area contributed by atoms with E-state index in [1.54, 1.807) is 24.3 Å². The van der Waals surface area contributed by atoms with Crippen LogP contribution in [0.25, 0.3) is 0 Å². The molecular formula is C17H19NO4. The van der Waals surface area contributed by atoms with Gasteiger partial charge in [-0.15, -0.1) is 0 Å². The van der Waals surface area contributed by atoms with Gasteiger partial charge in [-0.25, -0.2) is 4.90 Å². The van der Waals surface area contributed by atoms with Crippen molar-refractivity contribution in [3.8, 4) is 5.75 Å². The number of ether oxygens (including phenoxy) is 1. The molecule has 0 unspecified atom stereocenters. The van der Waals surface area contributed by atoms with Crippen LogP contribution >= 0.6 is 0 Å². The van der Waals surface area contributed by atoms with Gasteiger partial charge in [0, 0.05) is 6.92 Å². The fraction of sp³-hybridized carbons (Fsp3) is 0.471. The van der Waals surface area contributed by atoms with Crippen LogP contribution in [0, 0.1) is 17.8 Å². The lowest BCUT2D eigenvalue weighted by Crippen LogP contribution is -2.31. The maximum atomic E-state index is 12.7.